The molecule has 4 N–H and O–H groups in total. The molecule has 1 aliphatic rings. The number of phenolic OH excluding ortho intramolecular Hbond substituents is 1. The summed E-state index contributed by atoms with van der Waals surface area (Å²) in [5, 5.41) is 17.6. The van der Waals surface area contributed by atoms with Crippen molar-refractivity contribution >= 4 is 23.3 Å². The van der Waals surface area contributed by atoms with Crippen molar-refractivity contribution in [2.45, 2.75) is 12.8 Å². The molecule has 1 aliphatic heterocycles. The highest BCUT2D eigenvalue weighted by molar-refractivity contribution is 5.95. The number of anilines is 2. The van der Waals surface area contributed by atoms with Gasteiger partial charge in [0.15, 0.2) is 0 Å². The first-order valence-electron chi connectivity index (χ1n) is 9.09. The second-order valence-electron chi connectivity index (χ2n) is 6.39. The smallest absolute Gasteiger partial charge is 0.319 e. The molecule has 3 rings (SSSR count). The van der Waals surface area contributed by atoms with E-state index in [1.54, 1.807) is 12.1 Å². The summed E-state index contributed by atoms with van der Waals surface area (Å²) in [5.74, 6) is -0.143. The number of amides is 3. The first-order chi connectivity index (χ1) is 13.1. The molecule has 1 saturated heterocycles. The van der Waals surface area contributed by atoms with Gasteiger partial charge >= 0.3 is 6.03 Å². The zero-order valence-corrected chi connectivity index (χ0v) is 15.1. The summed E-state index contributed by atoms with van der Waals surface area (Å²) in [5.41, 5.74) is 2.27. The number of hydrogen-bond donors (Lipinski definition) is 4. The molecule has 142 valence electrons. The predicted octanol–water partition coefficient (Wildman–Crippen LogP) is 2.54. The van der Waals surface area contributed by atoms with E-state index in [1.165, 1.54) is 25.0 Å². The highest BCUT2D eigenvalue weighted by Gasteiger charge is 2.16. The van der Waals surface area contributed by atoms with Crippen LogP contribution in [0.2, 0.25) is 0 Å². The van der Waals surface area contributed by atoms with Gasteiger partial charge in [-0.05, 0) is 49.2 Å². The van der Waals surface area contributed by atoms with E-state index < -0.39 is 0 Å². The van der Waals surface area contributed by atoms with Gasteiger partial charge < -0.3 is 26.0 Å². The Balaban J connectivity index is 1.44. The molecule has 0 saturated carbocycles. The third kappa shape index (κ3) is 5.13. The molecule has 3 amide bonds. The van der Waals surface area contributed by atoms with E-state index in [9.17, 15) is 14.7 Å². The number of benzene rings is 2. The number of aromatic hydroxyl groups is 1. The van der Waals surface area contributed by atoms with E-state index in [-0.39, 0.29) is 17.7 Å². The lowest BCUT2D eigenvalue weighted by Crippen LogP contribution is -2.37. The molecule has 0 radical (unpaired) electrons. The molecule has 27 heavy (non-hydrogen) atoms. The largest absolute Gasteiger partial charge is 0.508 e. The summed E-state index contributed by atoms with van der Waals surface area (Å²) in [7, 11) is 0. The lowest BCUT2D eigenvalue weighted by Gasteiger charge is -2.21. The highest BCUT2D eigenvalue weighted by Crippen LogP contribution is 2.28. The van der Waals surface area contributed by atoms with Crippen molar-refractivity contribution in [3.05, 3.63) is 54.1 Å². The fraction of sp³-hybridized carbons (Fsp3) is 0.300. The third-order valence-corrected chi connectivity index (χ3v) is 4.42. The van der Waals surface area contributed by atoms with Crippen molar-refractivity contribution in [2.75, 3.05) is 36.4 Å². The zero-order chi connectivity index (χ0) is 19.1. The first-order valence-corrected chi connectivity index (χ1v) is 9.09. The maximum Gasteiger partial charge on any atom is 0.319 e. The quantitative estimate of drug-likeness (QED) is 0.590. The maximum atomic E-state index is 12.2. The topological polar surface area (TPSA) is 93.7 Å². The van der Waals surface area contributed by atoms with Crippen LogP contribution in [0.4, 0.5) is 16.2 Å². The summed E-state index contributed by atoms with van der Waals surface area (Å²) in [6.45, 7) is 2.62. The minimum Gasteiger partial charge on any atom is -0.508 e. The molecular weight excluding hydrogens is 344 g/mol. The molecule has 0 aliphatic carbocycles. The van der Waals surface area contributed by atoms with Crippen molar-refractivity contribution in [3.63, 3.8) is 0 Å². The lowest BCUT2D eigenvalue weighted by molar-refractivity contribution is 0.0954. The Bertz CT molecular complexity index is 786. The number of urea groups is 1. The van der Waals surface area contributed by atoms with Crippen LogP contribution in [0.5, 0.6) is 5.75 Å². The monoisotopic (exact) mass is 368 g/mol. The molecule has 1 fully saturated rings. The SMILES string of the molecule is O=C(NCCNC(=O)c1ccc(O)cc1)Nc1ccccc1N1CCCC1. The highest BCUT2D eigenvalue weighted by atomic mass is 16.3. The average Bonchev–Trinajstić information content (AvgIpc) is 3.20. The fourth-order valence-corrected chi connectivity index (χ4v) is 3.05. The Morgan fingerprint density at radius 2 is 1.59 bits per heavy atom. The van der Waals surface area contributed by atoms with Gasteiger partial charge in [0.25, 0.3) is 5.91 Å². The van der Waals surface area contributed by atoms with Crippen LogP contribution in [0, 0.1) is 0 Å². The van der Waals surface area contributed by atoms with Crippen LogP contribution >= 0.6 is 0 Å². The molecule has 0 spiro atoms. The van der Waals surface area contributed by atoms with E-state index in [1.807, 2.05) is 24.3 Å². The van der Waals surface area contributed by atoms with Gasteiger partial charge in [-0.1, -0.05) is 12.1 Å². The van der Waals surface area contributed by atoms with Gasteiger partial charge in [0.2, 0.25) is 0 Å². The van der Waals surface area contributed by atoms with E-state index in [2.05, 4.69) is 20.9 Å². The third-order valence-electron chi connectivity index (χ3n) is 4.42. The number of carbonyl (C=O) groups excluding carboxylic acids is 2. The molecule has 0 unspecified atom stereocenters. The number of rotatable bonds is 6. The number of carbonyl (C=O) groups is 2. The van der Waals surface area contributed by atoms with Gasteiger partial charge in [-0.15, -0.1) is 0 Å². The number of nitrogens with zero attached hydrogens (tertiary/aromatic N) is 1. The van der Waals surface area contributed by atoms with E-state index in [4.69, 9.17) is 0 Å². The Morgan fingerprint density at radius 3 is 2.33 bits per heavy atom. The lowest BCUT2D eigenvalue weighted by atomic mass is 10.2. The van der Waals surface area contributed by atoms with Gasteiger partial charge in [0.05, 0.1) is 11.4 Å². The molecule has 0 aromatic heterocycles. The molecule has 2 aromatic carbocycles. The average molecular weight is 368 g/mol. The Labute approximate surface area is 158 Å². The molecule has 2 aromatic rings. The van der Waals surface area contributed by atoms with Crippen molar-refractivity contribution < 1.29 is 14.7 Å². The van der Waals surface area contributed by atoms with Crippen LogP contribution in [-0.4, -0.2) is 43.2 Å². The van der Waals surface area contributed by atoms with E-state index >= 15 is 0 Å². The second kappa shape index (κ2) is 8.93. The predicted molar refractivity (Wildman–Crippen MR) is 105 cm³/mol. The fourth-order valence-electron chi connectivity index (χ4n) is 3.05. The number of nitrogens with one attached hydrogen (secondary N) is 3. The molecule has 0 bridgehead atoms. The summed E-state index contributed by atoms with van der Waals surface area (Å²) in [6, 6.07) is 13.5. The number of hydrogen-bond acceptors (Lipinski definition) is 4. The van der Waals surface area contributed by atoms with Crippen LogP contribution in [0.25, 0.3) is 0 Å². The maximum absolute atomic E-state index is 12.2. The van der Waals surface area contributed by atoms with Gasteiger partial charge in [-0.2, -0.15) is 0 Å². The summed E-state index contributed by atoms with van der Waals surface area (Å²) < 4.78 is 0. The van der Waals surface area contributed by atoms with Crippen molar-refractivity contribution in [2.24, 2.45) is 0 Å². The molecular formula is C20H24N4O3. The van der Waals surface area contributed by atoms with Crippen LogP contribution < -0.4 is 20.9 Å². The van der Waals surface area contributed by atoms with Crippen LogP contribution in [0.15, 0.2) is 48.5 Å². The summed E-state index contributed by atoms with van der Waals surface area (Å²) >= 11 is 0. The first kappa shape index (κ1) is 18.6. The van der Waals surface area contributed by atoms with Crippen molar-refractivity contribution in [1.29, 1.82) is 0 Å². The van der Waals surface area contributed by atoms with Gasteiger partial charge in [0, 0.05) is 31.7 Å². The van der Waals surface area contributed by atoms with Crippen LogP contribution in [0.1, 0.15) is 23.2 Å². The van der Waals surface area contributed by atoms with Crippen LogP contribution in [-0.2, 0) is 0 Å². The van der Waals surface area contributed by atoms with Crippen LogP contribution in [0.3, 0.4) is 0 Å². The summed E-state index contributed by atoms with van der Waals surface area (Å²) in [4.78, 5) is 26.4. The van der Waals surface area contributed by atoms with Gasteiger partial charge in [-0.25, -0.2) is 4.79 Å². The Hall–Kier alpha value is -3.22. The van der Waals surface area contributed by atoms with Crippen molar-refractivity contribution in [3.8, 4) is 5.75 Å². The minimum absolute atomic E-state index is 0.110. The van der Waals surface area contributed by atoms with Gasteiger partial charge in [0.1, 0.15) is 5.75 Å². The number of phenols is 1. The molecule has 7 heteroatoms. The van der Waals surface area contributed by atoms with Gasteiger partial charge in [-0.3, -0.25) is 4.79 Å². The second-order valence-corrected chi connectivity index (χ2v) is 6.39. The molecule has 1 heterocycles. The molecule has 0 atom stereocenters. The summed E-state index contributed by atoms with van der Waals surface area (Å²) in [6.07, 6.45) is 2.34. The Morgan fingerprint density at radius 1 is 0.926 bits per heavy atom. The van der Waals surface area contributed by atoms with E-state index in [0.29, 0.717) is 18.7 Å². The zero-order valence-electron chi connectivity index (χ0n) is 15.1. The standard InChI is InChI=1S/C20H24N4O3/c25-16-9-7-15(8-10-16)19(26)21-11-12-22-20(27)23-17-5-1-2-6-18(17)24-13-3-4-14-24/h1-2,5-10,25H,3-4,11-14H2,(H,21,26)(H2,22,23,27). The normalized spacial score (nSPS) is 13.3. The minimum atomic E-state index is -0.305. The van der Waals surface area contributed by atoms with Crippen molar-refractivity contribution in [1.82, 2.24) is 10.6 Å². The molecule has 7 nitrogen and oxygen atoms in total. The Kier molecular flexibility index (Phi) is 6.14. The van der Waals surface area contributed by atoms with E-state index in [0.717, 1.165) is 24.5 Å². The number of para-hydroxylation sites is 2.